The number of halogens is 1. The highest BCUT2D eigenvalue weighted by atomic mass is 35.5. The Labute approximate surface area is 105 Å². The van der Waals surface area contributed by atoms with Gasteiger partial charge in [0.2, 0.25) is 0 Å². The van der Waals surface area contributed by atoms with E-state index in [1.165, 1.54) is 12.1 Å². The fraction of sp³-hybridized carbons (Fsp3) is 0.200. The Morgan fingerprint density at radius 2 is 2.18 bits per heavy atom. The normalized spacial score (nSPS) is 10.5. The molecule has 0 aliphatic carbocycles. The quantitative estimate of drug-likeness (QED) is 0.708. The predicted molar refractivity (Wildman–Crippen MR) is 66.8 cm³/mol. The second kappa shape index (κ2) is 5.89. The lowest BCUT2D eigenvalue weighted by Gasteiger charge is -2.05. The van der Waals surface area contributed by atoms with Gasteiger partial charge in [0.15, 0.2) is 0 Å². The van der Waals surface area contributed by atoms with Crippen LogP contribution in [0.1, 0.15) is 12.0 Å². The van der Waals surface area contributed by atoms with Gasteiger partial charge in [-0.3, -0.25) is 4.72 Å². The van der Waals surface area contributed by atoms with Crippen LogP contribution in [0.25, 0.3) is 0 Å². The number of anilines is 1. The highest BCUT2D eigenvalue weighted by Gasteiger charge is 2.06. The Balaban J connectivity index is 3.00. The van der Waals surface area contributed by atoms with E-state index in [1.54, 1.807) is 6.07 Å². The molecule has 0 radical (unpaired) electrons. The molecule has 0 atom stereocenters. The summed E-state index contributed by atoms with van der Waals surface area (Å²) in [6.45, 7) is -0.0249. The van der Waals surface area contributed by atoms with Crippen LogP contribution < -0.4 is 9.86 Å². The van der Waals surface area contributed by atoms with Gasteiger partial charge in [-0.25, -0.2) is 5.14 Å². The Kier molecular flexibility index (Phi) is 4.78. The van der Waals surface area contributed by atoms with Crippen molar-refractivity contribution in [3.05, 3.63) is 28.8 Å². The summed E-state index contributed by atoms with van der Waals surface area (Å²) in [6.07, 6.45) is 0.348. The van der Waals surface area contributed by atoms with E-state index in [0.29, 0.717) is 12.0 Å². The van der Waals surface area contributed by atoms with Crippen molar-refractivity contribution in [3.8, 4) is 11.8 Å². The van der Waals surface area contributed by atoms with Crippen LogP contribution in [-0.2, 0) is 10.2 Å². The van der Waals surface area contributed by atoms with Crippen LogP contribution in [0.4, 0.5) is 5.69 Å². The van der Waals surface area contributed by atoms with Gasteiger partial charge in [0.1, 0.15) is 0 Å². The zero-order chi connectivity index (χ0) is 12.9. The summed E-state index contributed by atoms with van der Waals surface area (Å²) < 4.78 is 23.8. The Morgan fingerprint density at radius 1 is 1.47 bits per heavy atom. The lowest BCUT2D eigenvalue weighted by molar-refractivity contribution is 0.305. The molecule has 1 aromatic carbocycles. The van der Waals surface area contributed by atoms with Gasteiger partial charge in [-0.05, 0) is 18.2 Å². The molecule has 1 aromatic rings. The number of hydrogen-bond donors (Lipinski definition) is 3. The molecule has 0 spiro atoms. The molecule has 4 N–H and O–H groups in total. The minimum absolute atomic E-state index is 0.0249. The summed E-state index contributed by atoms with van der Waals surface area (Å²) in [5.41, 5.74) is 0.749. The molecular weight excluding hydrogens is 264 g/mol. The molecule has 17 heavy (non-hydrogen) atoms. The van der Waals surface area contributed by atoms with Crippen molar-refractivity contribution in [1.29, 1.82) is 0 Å². The number of nitrogens with one attached hydrogen (secondary N) is 1. The summed E-state index contributed by atoms with van der Waals surface area (Å²) in [6, 6.07) is 4.62. The van der Waals surface area contributed by atoms with E-state index >= 15 is 0 Å². The average Bonchev–Trinajstić information content (AvgIpc) is 2.21. The number of aliphatic hydroxyl groups excluding tert-OH is 1. The van der Waals surface area contributed by atoms with Crippen molar-refractivity contribution in [3.63, 3.8) is 0 Å². The molecule has 0 unspecified atom stereocenters. The van der Waals surface area contributed by atoms with E-state index in [0.717, 1.165) is 0 Å². The fourth-order valence-corrected chi connectivity index (χ4v) is 1.75. The van der Waals surface area contributed by atoms with Crippen molar-refractivity contribution in [2.24, 2.45) is 5.14 Å². The highest BCUT2D eigenvalue weighted by molar-refractivity contribution is 7.90. The maximum atomic E-state index is 10.9. The SMILES string of the molecule is NS(=O)(=O)Nc1cc(C#CCCO)ccc1Cl. The molecule has 0 aliphatic rings. The molecule has 0 aromatic heterocycles. The monoisotopic (exact) mass is 274 g/mol. The third-order valence-electron chi connectivity index (χ3n) is 1.69. The first kappa shape index (κ1) is 13.8. The number of aliphatic hydroxyl groups is 1. The van der Waals surface area contributed by atoms with E-state index in [1.807, 2.05) is 0 Å². The van der Waals surface area contributed by atoms with Crippen LogP contribution in [-0.4, -0.2) is 20.1 Å². The molecule has 0 fully saturated rings. The van der Waals surface area contributed by atoms with Gasteiger partial charge in [0.25, 0.3) is 10.2 Å². The van der Waals surface area contributed by atoms with Crippen molar-refractivity contribution in [1.82, 2.24) is 0 Å². The maximum absolute atomic E-state index is 10.9. The van der Waals surface area contributed by atoms with Gasteiger partial charge in [-0.15, -0.1) is 0 Å². The minimum atomic E-state index is -3.86. The first-order chi connectivity index (χ1) is 7.92. The summed E-state index contributed by atoms with van der Waals surface area (Å²) in [5.74, 6) is 5.46. The van der Waals surface area contributed by atoms with Gasteiger partial charge in [0, 0.05) is 12.0 Å². The summed E-state index contributed by atoms with van der Waals surface area (Å²) in [5, 5.41) is 13.6. The molecule has 0 amide bonds. The summed E-state index contributed by atoms with van der Waals surface area (Å²) in [7, 11) is -3.86. The van der Waals surface area contributed by atoms with E-state index in [-0.39, 0.29) is 17.3 Å². The van der Waals surface area contributed by atoms with Gasteiger partial charge in [-0.1, -0.05) is 23.4 Å². The minimum Gasteiger partial charge on any atom is -0.395 e. The molecule has 0 saturated heterocycles. The second-order valence-corrected chi connectivity index (χ2v) is 4.82. The maximum Gasteiger partial charge on any atom is 0.296 e. The summed E-state index contributed by atoms with van der Waals surface area (Å²) in [4.78, 5) is 0. The second-order valence-electron chi connectivity index (χ2n) is 3.12. The third kappa shape index (κ3) is 5.06. The number of hydrogen-bond acceptors (Lipinski definition) is 3. The van der Waals surface area contributed by atoms with E-state index in [9.17, 15) is 8.42 Å². The molecule has 1 rings (SSSR count). The Hall–Kier alpha value is -1.26. The van der Waals surface area contributed by atoms with Gasteiger partial charge >= 0.3 is 0 Å². The molecule has 0 aliphatic heterocycles. The third-order valence-corrected chi connectivity index (χ3v) is 2.52. The largest absolute Gasteiger partial charge is 0.395 e. The standard InChI is InChI=1S/C10H11ClN2O3S/c11-9-5-4-8(3-1-2-6-14)7-10(9)13-17(12,15)16/h4-5,7,13-14H,2,6H2,(H2,12,15,16). The zero-order valence-electron chi connectivity index (χ0n) is 8.77. The van der Waals surface area contributed by atoms with Crippen LogP contribution >= 0.6 is 11.6 Å². The molecule has 7 heteroatoms. The van der Waals surface area contributed by atoms with Crippen LogP contribution in [0.2, 0.25) is 5.02 Å². The molecule has 0 saturated carbocycles. The summed E-state index contributed by atoms with van der Waals surface area (Å²) >= 11 is 5.79. The first-order valence-electron chi connectivity index (χ1n) is 4.62. The van der Waals surface area contributed by atoms with Crippen molar-refractivity contribution < 1.29 is 13.5 Å². The molecule has 5 nitrogen and oxygen atoms in total. The van der Waals surface area contributed by atoms with Crippen LogP contribution in [0, 0.1) is 11.8 Å². The van der Waals surface area contributed by atoms with Gasteiger partial charge in [0.05, 0.1) is 17.3 Å². The lowest BCUT2D eigenvalue weighted by atomic mass is 10.2. The van der Waals surface area contributed by atoms with E-state index in [2.05, 4.69) is 16.6 Å². The van der Waals surface area contributed by atoms with Crippen LogP contribution in [0.15, 0.2) is 18.2 Å². The van der Waals surface area contributed by atoms with Crippen LogP contribution in [0.3, 0.4) is 0 Å². The molecular formula is C10H11ClN2O3S. The average molecular weight is 275 g/mol. The fourth-order valence-electron chi connectivity index (χ4n) is 1.05. The Bertz CT molecular complexity index is 561. The zero-order valence-corrected chi connectivity index (χ0v) is 10.3. The highest BCUT2D eigenvalue weighted by Crippen LogP contribution is 2.23. The molecule has 0 heterocycles. The molecule has 92 valence electrons. The smallest absolute Gasteiger partial charge is 0.296 e. The molecule has 0 bridgehead atoms. The topological polar surface area (TPSA) is 92.4 Å². The first-order valence-corrected chi connectivity index (χ1v) is 6.54. The van der Waals surface area contributed by atoms with Crippen LogP contribution in [0.5, 0.6) is 0 Å². The number of nitrogens with two attached hydrogens (primary N) is 1. The van der Waals surface area contributed by atoms with Crippen molar-refractivity contribution >= 4 is 27.5 Å². The lowest BCUT2D eigenvalue weighted by Crippen LogP contribution is -2.21. The van der Waals surface area contributed by atoms with Gasteiger partial charge < -0.3 is 5.11 Å². The van der Waals surface area contributed by atoms with E-state index < -0.39 is 10.2 Å². The van der Waals surface area contributed by atoms with E-state index in [4.69, 9.17) is 21.8 Å². The van der Waals surface area contributed by atoms with Gasteiger partial charge in [-0.2, -0.15) is 8.42 Å². The number of benzene rings is 1. The number of rotatable bonds is 3. The van der Waals surface area contributed by atoms with Crippen molar-refractivity contribution in [2.45, 2.75) is 6.42 Å². The van der Waals surface area contributed by atoms with Crippen molar-refractivity contribution in [2.75, 3.05) is 11.3 Å². The predicted octanol–water partition coefficient (Wildman–Crippen LogP) is 0.689. The Morgan fingerprint density at radius 3 is 2.76 bits per heavy atom.